The Morgan fingerprint density at radius 2 is 2.15 bits per heavy atom. The van der Waals surface area contributed by atoms with Crippen molar-refractivity contribution < 1.29 is 18.3 Å². The van der Waals surface area contributed by atoms with E-state index >= 15 is 4.39 Å². The lowest BCUT2D eigenvalue weighted by molar-refractivity contribution is -0.127. The number of thiazole rings is 1. The van der Waals surface area contributed by atoms with Crippen molar-refractivity contribution in [2.75, 3.05) is 44.0 Å². The molecule has 200 valence electrons. The fraction of sp³-hybridized carbons (Fsp3) is 0.346. The van der Waals surface area contributed by atoms with Crippen LogP contribution >= 0.6 is 11.3 Å². The number of nitrogen functional groups attached to an aromatic ring is 1. The van der Waals surface area contributed by atoms with Gasteiger partial charge in [0.05, 0.1) is 34.3 Å². The smallest absolute Gasteiger partial charge is 0.246 e. The molecule has 0 aliphatic carbocycles. The molecule has 2 N–H and O–H groups in total. The number of fused-ring (bicyclic) bond motifs is 2. The van der Waals surface area contributed by atoms with Gasteiger partial charge in [-0.1, -0.05) is 23.8 Å². The molecule has 2 atom stereocenters. The second-order valence-corrected chi connectivity index (χ2v) is 10.4. The number of halogens is 2. The highest BCUT2D eigenvalue weighted by molar-refractivity contribution is 7.22. The Kier molecular flexibility index (Phi) is 6.36. The number of hydrogen-bond acceptors (Lipinski definition) is 9. The predicted octanol–water partition coefficient (Wildman–Crippen LogP) is 2.88. The van der Waals surface area contributed by atoms with Gasteiger partial charge in [-0.15, -0.1) is 0 Å². The monoisotopic (exact) mass is 550 g/mol. The summed E-state index contributed by atoms with van der Waals surface area (Å²) < 4.78 is 37.8. The van der Waals surface area contributed by atoms with Crippen molar-refractivity contribution in [1.82, 2.24) is 29.6 Å². The lowest BCUT2D eigenvalue weighted by Gasteiger charge is -2.30. The van der Waals surface area contributed by atoms with E-state index in [0.717, 1.165) is 19.5 Å². The number of ether oxygens (including phenoxy) is 1. The second-order valence-electron chi connectivity index (χ2n) is 9.43. The Balaban J connectivity index is 1.40. The molecule has 13 heteroatoms. The highest BCUT2D eigenvalue weighted by Gasteiger charge is 2.37. The van der Waals surface area contributed by atoms with E-state index in [1.807, 2.05) is 4.90 Å². The van der Waals surface area contributed by atoms with Gasteiger partial charge in [0, 0.05) is 26.7 Å². The summed E-state index contributed by atoms with van der Waals surface area (Å²) in [4.78, 5) is 29.0. The molecular formula is C26H24F2N8O2S. The molecule has 2 aliphatic rings. The Morgan fingerprint density at radius 3 is 2.87 bits per heavy atom. The third kappa shape index (κ3) is 4.25. The summed E-state index contributed by atoms with van der Waals surface area (Å²) in [6.07, 6.45) is 4.17. The van der Waals surface area contributed by atoms with Gasteiger partial charge in [0.15, 0.2) is 16.6 Å². The van der Waals surface area contributed by atoms with Crippen molar-refractivity contribution >= 4 is 49.4 Å². The third-order valence-electron chi connectivity index (χ3n) is 7.07. The Labute approximate surface area is 226 Å². The maximum Gasteiger partial charge on any atom is 0.246 e. The molecule has 2 fully saturated rings. The number of carbonyl (C=O) groups excluding carboxylic acids is 1. The highest BCUT2D eigenvalue weighted by atomic mass is 32.1. The number of hydrogen-bond donors (Lipinski definition) is 1. The number of carbonyl (C=O) groups is 1. The summed E-state index contributed by atoms with van der Waals surface area (Å²) in [6, 6.07) is 0.811. The Hall–Kier alpha value is -4.15. The van der Waals surface area contributed by atoms with Crippen LogP contribution in [-0.2, 0) is 9.53 Å². The summed E-state index contributed by atoms with van der Waals surface area (Å²) >= 11 is 1.26. The van der Waals surface area contributed by atoms with Crippen LogP contribution in [-0.4, -0.2) is 74.9 Å². The van der Waals surface area contributed by atoms with Gasteiger partial charge >= 0.3 is 0 Å². The van der Waals surface area contributed by atoms with Gasteiger partial charge in [-0.25, -0.2) is 28.4 Å². The van der Waals surface area contributed by atoms with Gasteiger partial charge in [-0.05, 0) is 30.9 Å². The summed E-state index contributed by atoms with van der Waals surface area (Å²) in [5.41, 5.74) is 6.45. The zero-order valence-electron chi connectivity index (χ0n) is 21.0. The van der Waals surface area contributed by atoms with Gasteiger partial charge in [0.25, 0.3) is 0 Å². The highest BCUT2D eigenvalue weighted by Crippen LogP contribution is 2.35. The van der Waals surface area contributed by atoms with Crippen LogP contribution in [0.5, 0.6) is 0 Å². The van der Waals surface area contributed by atoms with Gasteiger partial charge in [-0.3, -0.25) is 4.79 Å². The van der Waals surface area contributed by atoms with E-state index in [0.29, 0.717) is 40.4 Å². The molecular weight excluding hydrogens is 526 g/mol. The number of anilines is 2. The molecule has 1 aromatic carbocycles. The van der Waals surface area contributed by atoms with Crippen LogP contribution in [0, 0.1) is 23.5 Å². The second kappa shape index (κ2) is 9.87. The maximum absolute atomic E-state index is 15.4. The molecule has 6 rings (SSSR count). The largest absolute Gasteiger partial charge is 0.383 e. The van der Waals surface area contributed by atoms with E-state index < -0.39 is 17.2 Å². The fourth-order valence-corrected chi connectivity index (χ4v) is 6.05. The number of benzene rings is 1. The van der Waals surface area contributed by atoms with Gasteiger partial charge in [0.2, 0.25) is 5.91 Å². The fourth-order valence-electron chi connectivity index (χ4n) is 5.01. The summed E-state index contributed by atoms with van der Waals surface area (Å²) in [6.45, 7) is 5.97. The quantitative estimate of drug-likeness (QED) is 0.298. The molecule has 0 saturated carbocycles. The number of nitrogens with two attached hydrogens (primary N) is 1. The van der Waals surface area contributed by atoms with E-state index in [2.05, 4.69) is 38.5 Å². The first kappa shape index (κ1) is 25.1. The number of methoxy groups -OCH3 is 1. The van der Waals surface area contributed by atoms with Crippen molar-refractivity contribution in [3.63, 3.8) is 0 Å². The standard InChI is InChI=1S/C26H24F2N8O2S/c1-3-20(37)35-11-14(9-15(35)12-38-2)36-25-21(24(29)30-13-31-25)18(33-36)6-5-16-17(27)10-19-23(22(16)28)32-26(39-19)34-7-4-8-34/h3,10,13-15H,1,4,7-9,11-12H2,2H3,(H2,29,30,31)/t14-,15+/m0/s1. The number of likely N-dealkylation sites (tertiary alicyclic amines) is 1. The molecule has 2 aliphatic heterocycles. The average molecular weight is 551 g/mol. The number of rotatable bonds is 5. The molecule has 3 aromatic heterocycles. The lowest BCUT2D eigenvalue weighted by atomic mass is 10.1. The van der Waals surface area contributed by atoms with Crippen LogP contribution in [0.2, 0.25) is 0 Å². The van der Waals surface area contributed by atoms with Crippen molar-refractivity contribution in [3.8, 4) is 11.8 Å². The van der Waals surface area contributed by atoms with E-state index in [9.17, 15) is 9.18 Å². The molecule has 4 aromatic rings. The van der Waals surface area contributed by atoms with Crippen LogP contribution in [0.1, 0.15) is 30.1 Å². The van der Waals surface area contributed by atoms with Crippen LogP contribution in [0.25, 0.3) is 21.3 Å². The van der Waals surface area contributed by atoms with E-state index in [4.69, 9.17) is 10.5 Å². The maximum atomic E-state index is 15.4. The molecule has 10 nitrogen and oxygen atoms in total. The van der Waals surface area contributed by atoms with Crippen LogP contribution in [0.15, 0.2) is 25.0 Å². The third-order valence-corrected chi connectivity index (χ3v) is 8.13. The van der Waals surface area contributed by atoms with Crippen molar-refractivity contribution in [3.05, 3.63) is 47.9 Å². The first-order chi connectivity index (χ1) is 18.9. The van der Waals surface area contributed by atoms with E-state index in [-0.39, 0.29) is 35.0 Å². The molecule has 1 amide bonds. The zero-order chi connectivity index (χ0) is 27.3. The van der Waals surface area contributed by atoms with Crippen LogP contribution in [0.4, 0.5) is 19.7 Å². The Bertz CT molecular complexity index is 1690. The van der Waals surface area contributed by atoms with E-state index in [1.165, 1.54) is 29.8 Å². The predicted molar refractivity (Wildman–Crippen MR) is 143 cm³/mol. The van der Waals surface area contributed by atoms with Crippen molar-refractivity contribution in [2.45, 2.75) is 24.9 Å². The zero-order valence-corrected chi connectivity index (χ0v) is 21.8. The molecule has 0 spiro atoms. The summed E-state index contributed by atoms with van der Waals surface area (Å²) in [5.74, 6) is 3.72. The number of amides is 1. The minimum atomic E-state index is -0.815. The summed E-state index contributed by atoms with van der Waals surface area (Å²) in [5, 5.41) is 5.66. The minimum Gasteiger partial charge on any atom is -0.383 e. The molecule has 2 saturated heterocycles. The first-order valence-electron chi connectivity index (χ1n) is 12.4. The average Bonchev–Trinajstić information content (AvgIpc) is 3.59. The van der Waals surface area contributed by atoms with Crippen LogP contribution in [0.3, 0.4) is 0 Å². The first-order valence-corrected chi connectivity index (χ1v) is 13.2. The van der Waals surface area contributed by atoms with Crippen molar-refractivity contribution in [1.29, 1.82) is 0 Å². The molecule has 39 heavy (non-hydrogen) atoms. The topological polar surface area (TPSA) is 115 Å². The molecule has 0 radical (unpaired) electrons. The van der Waals surface area contributed by atoms with Gasteiger partial charge in [0.1, 0.15) is 29.2 Å². The van der Waals surface area contributed by atoms with Gasteiger partial charge < -0.3 is 20.3 Å². The molecule has 0 unspecified atom stereocenters. The molecule has 5 heterocycles. The van der Waals surface area contributed by atoms with E-state index in [1.54, 1.807) is 16.7 Å². The van der Waals surface area contributed by atoms with Gasteiger partial charge in [-0.2, -0.15) is 5.10 Å². The number of aromatic nitrogens is 5. The minimum absolute atomic E-state index is 0.0907. The van der Waals surface area contributed by atoms with Crippen molar-refractivity contribution in [2.24, 2.45) is 0 Å². The normalized spacial score (nSPS) is 18.8. The lowest BCUT2D eigenvalue weighted by Crippen LogP contribution is -2.37. The Morgan fingerprint density at radius 1 is 1.33 bits per heavy atom. The SMILES string of the molecule is C=CC(=O)N1C[C@@H](n2nc(C#Cc3c(F)cc4sc(N5CCC5)nc4c3F)c3c(N)ncnc32)C[C@@H]1COC. The summed E-state index contributed by atoms with van der Waals surface area (Å²) in [7, 11) is 1.57. The van der Waals surface area contributed by atoms with Crippen LogP contribution < -0.4 is 10.6 Å². The number of nitrogens with zero attached hydrogens (tertiary/aromatic N) is 7. The molecule has 0 bridgehead atoms.